The fourth-order valence-corrected chi connectivity index (χ4v) is 5.24. The summed E-state index contributed by atoms with van der Waals surface area (Å²) in [6.45, 7) is 6.00. The number of hydrogen-bond acceptors (Lipinski definition) is 6. The molecule has 6 nitrogen and oxygen atoms in total. The van der Waals surface area contributed by atoms with E-state index >= 15 is 0 Å². The lowest BCUT2D eigenvalue weighted by Crippen LogP contribution is -2.30. The van der Waals surface area contributed by atoms with Crippen LogP contribution in [0, 0.1) is 13.8 Å². The quantitative estimate of drug-likeness (QED) is 0.403. The number of carbonyl (C=O) groups excluding carboxylic acids is 1. The third kappa shape index (κ3) is 4.42. The molecule has 0 bridgehead atoms. The molecule has 0 radical (unpaired) electrons. The van der Waals surface area contributed by atoms with Gasteiger partial charge in [0.2, 0.25) is 0 Å². The van der Waals surface area contributed by atoms with E-state index in [0.29, 0.717) is 17.2 Å². The second kappa shape index (κ2) is 8.80. The third-order valence-electron chi connectivity index (χ3n) is 5.37. The van der Waals surface area contributed by atoms with Crippen LogP contribution in [0.1, 0.15) is 34.0 Å². The maximum absolute atomic E-state index is 13.5. The molecule has 0 aliphatic carbocycles. The molecule has 2 aromatic carbocycles. The van der Waals surface area contributed by atoms with Crippen molar-refractivity contribution in [1.29, 1.82) is 0 Å². The molecular weight excluding hydrogens is 442 g/mol. The number of hydrogen-bond donors (Lipinski definition) is 0. The van der Waals surface area contributed by atoms with Crippen molar-refractivity contribution in [3.8, 4) is 0 Å². The molecule has 1 amide bonds. The first kappa shape index (κ1) is 22.1. The summed E-state index contributed by atoms with van der Waals surface area (Å²) in [4.78, 5) is 24.2. The van der Waals surface area contributed by atoms with E-state index in [2.05, 4.69) is 18.0 Å². The van der Waals surface area contributed by atoms with Crippen LogP contribution in [0.5, 0.6) is 0 Å². The summed E-state index contributed by atoms with van der Waals surface area (Å²) in [7, 11) is -3.33. The summed E-state index contributed by atoms with van der Waals surface area (Å²) in [6, 6.07) is 13.9. The van der Waals surface area contributed by atoms with E-state index in [4.69, 9.17) is 4.98 Å². The Morgan fingerprint density at radius 2 is 1.78 bits per heavy atom. The zero-order valence-electron chi connectivity index (χ0n) is 18.1. The van der Waals surface area contributed by atoms with Crippen LogP contribution in [-0.4, -0.2) is 30.0 Å². The van der Waals surface area contributed by atoms with Crippen molar-refractivity contribution in [3.63, 3.8) is 0 Å². The molecule has 0 spiro atoms. The van der Waals surface area contributed by atoms with Crippen LogP contribution in [0.4, 0.5) is 5.13 Å². The highest BCUT2D eigenvalue weighted by atomic mass is 32.2. The Balaban J connectivity index is 1.75. The predicted octanol–water partition coefficient (Wildman–Crippen LogP) is 4.95. The lowest BCUT2D eigenvalue weighted by molar-refractivity contribution is 0.0985. The van der Waals surface area contributed by atoms with Crippen molar-refractivity contribution >= 4 is 42.4 Å². The molecule has 0 N–H and O–H groups in total. The van der Waals surface area contributed by atoms with Gasteiger partial charge in [-0.15, -0.1) is 0 Å². The normalized spacial score (nSPS) is 11.6. The van der Waals surface area contributed by atoms with Gasteiger partial charge in [0.25, 0.3) is 5.91 Å². The fraction of sp³-hybridized carbons (Fsp3) is 0.208. The number of rotatable bonds is 6. The second-order valence-electron chi connectivity index (χ2n) is 7.58. The smallest absolute Gasteiger partial charge is 0.260 e. The summed E-state index contributed by atoms with van der Waals surface area (Å²) in [5.74, 6) is -0.236. The Labute approximate surface area is 191 Å². The topological polar surface area (TPSA) is 80.2 Å². The Bertz CT molecular complexity index is 1340. The average Bonchev–Trinajstić information content (AvgIpc) is 3.20. The van der Waals surface area contributed by atoms with Gasteiger partial charge in [-0.1, -0.05) is 24.3 Å². The zero-order valence-corrected chi connectivity index (χ0v) is 19.7. The van der Waals surface area contributed by atoms with Gasteiger partial charge in [-0.2, -0.15) is 0 Å². The second-order valence-corrected chi connectivity index (χ2v) is 10.9. The van der Waals surface area contributed by atoms with Crippen LogP contribution >= 0.6 is 11.3 Å². The number of carbonyl (C=O) groups is 1. The van der Waals surface area contributed by atoms with E-state index < -0.39 is 9.84 Å². The van der Waals surface area contributed by atoms with Gasteiger partial charge in [-0.05, 0) is 73.0 Å². The maximum Gasteiger partial charge on any atom is 0.260 e. The highest BCUT2D eigenvalue weighted by Crippen LogP contribution is 2.32. The minimum atomic E-state index is -3.33. The first-order chi connectivity index (χ1) is 15.3. The van der Waals surface area contributed by atoms with Crippen LogP contribution in [-0.2, 0) is 16.4 Å². The SMILES string of the molecule is CCS(=O)(=O)c1ccc(C(=O)N(Cc2cccnc2)c2nc3cc(C)c(C)cc3s2)cc1. The Morgan fingerprint density at radius 1 is 1.06 bits per heavy atom. The fourth-order valence-electron chi connectivity index (χ4n) is 3.31. The number of amides is 1. The van der Waals surface area contributed by atoms with Crippen LogP contribution in [0.2, 0.25) is 0 Å². The number of sulfone groups is 1. The van der Waals surface area contributed by atoms with Gasteiger partial charge in [0, 0.05) is 18.0 Å². The van der Waals surface area contributed by atoms with Crippen LogP contribution in [0.15, 0.2) is 65.8 Å². The van der Waals surface area contributed by atoms with Gasteiger partial charge >= 0.3 is 0 Å². The third-order valence-corrected chi connectivity index (χ3v) is 8.16. The Hall–Kier alpha value is -3.10. The van der Waals surface area contributed by atoms with E-state index in [1.54, 1.807) is 36.4 Å². The molecule has 4 rings (SSSR count). The molecule has 164 valence electrons. The van der Waals surface area contributed by atoms with Gasteiger partial charge < -0.3 is 0 Å². The number of benzene rings is 2. The number of fused-ring (bicyclic) bond motifs is 1. The lowest BCUT2D eigenvalue weighted by atomic mass is 10.1. The summed E-state index contributed by atoms with van der Waals surface area (Å²) in [5, 5.41) is 0.587. The molecule has 2 heterocycles. The monoisotopic (exact) mass is 465 g/mol. The molecule has 8 heteroatoms. The number of nitrogens with zero attached hydrogens (tertiary/aromatic N) is 3. The molecule has 0 atom stereocenters. The van der Waals surface area contributed by atoms with Crippen LogP contribution < -0.4 is 4.90 Å². The largest absolute Gasteiger partial charge is 0.279 e. The molecule has 0 aliphatic rings. The predicted molar refractivity (Wildman–Crippen MR) is 128 cm³/mol. The number of pyridine rings is 1. The standard InChI is InChI=1S/C24H23N3O3S2/c1-4-32(29,30)20-9-7-19(8-10-20)23(28)27(15-18-6-5-11-25-14-18)24-26-21-12-16(2)17(3)13-22(21)31-24/h5-14H,4,15H2,1-3H3. The number of aryl methyl sites for hydroxylation is 2. The summed E-state index contributed by atoms with van der Waals surface area (Å²) < 4.78 is 25.3. The van der Waals surface area contributed by atoms with Crippen molar-refractivity contribution < 1.29 is 13.2 Å². The summed E-state index contributed by atoms with van der Waals surface area (Å²) >= 11 is 1.46. The molecule has 0 aliphatic heterocycles. The lowest BCUT2D eigenvalue weighted by Gasteiger charge is -2.20. The number of anilines is 1. The van der Waals surface area contributed by atoms with E-state index in [1.807, 2.05) is 25.1 Å². The van der Waals surface area contributed by atoms with Crippen LogP contribution in [0.3, 0.4) is 0 Å². The molecular formula is C24H23N3O3S2. The highest BCUT2D eigenvalue weighted by Gasteiger charge is 2.23. The van der Waals surface area contributed by atoms with Crippen molar-refractivity contribution in [2.75, 3.05) is 10.7 Å². The maximum atomic E-state index is 13.5. The number of aromatic nitrogens is 2. The van der Waals surface area contributed by atoms with Crippen molar-refractivity contribution in [2.24, 2.45) is 0 Å². The first-order valence-corrected chi connectivity index (χ1v) is 12.7. The van der Waals surface area contributed by atoms with E-state index in [1.165, 1.54) is 29.0 Å². The Morgan fingerprint density at radius 3 is 2.44 bits per heavy atom. The minimum Gasteiger partial charge on any atom is -0.279 e. The van der Waals surface area contributed by atoms with E-state index in [9.17, 15) is 13.2 Å². The molecule has 0 saturated carbocycles. The van der Waals surface area contributed by atoms with Gasteiger partial charge in [0.1, 0.15) is 0 Å². The van der Waals surface area contributed by atoms with Gasteiger partial charge in [-0.3, -0.25) is 14.7 Å². The van der Waals surface area contributed by atoms with Crippen LogP contribution in [0.25, 0.3) is 10.2 Å². The molecule has 32 heavy (non-hydrogen) atoms. The first-order valence-electron chi connectivity index (χ1n) is 10.2. The van der Waals surface area contributed by atoms with Gasteiger partial charge in [0.15, 0.2) is 15.0 Å². The summed E-state index contributed by atoms with van der Waals surface area (Å²) in [6.07, 6.45) is 3.41. The molecule has 2 aromatic heterocycles. The Kier molecular flexibility index (Phi) is 6.08. The van der Waals surface area contributed by atoms with E-state index in [-0.39, 0.29) is 16.6 Å². The average molecular weight is 466 g/mol. The highest BCUT2D eigenvalue weighted by molar-refractivity contribution is 7.91. The molecule has 0 unspecified atom stereocenters. The van der Waals surface area contributed by atoms with E-state index in [0.717, 1.165) is 21.3 Å². The molecule has 0 saturated heterocycles. The van der Waals surface area contributed by atoms with Gasteiger partial charge in [0.05, 0.1) is 27.4 Å². The molecule has 4 aromatic rings. The van der Waals surface area contributed by atoms with Crippen molar-refractivity contribution in [2.45, 2.75) is 32.2 Å². The summed E-state index contributed by atoms with van der Waals surface area (Å²) in [5.41, 5.74) is 4.44. The number of thiazole rings is 1. The zero-order chi connectivity index (χ0) is 22.9. The minimum absolute atomic E-state index is 0.0119. The van der Waals surface area contributed by atoms with Crippen molar-refractivity contribution in [3.05, 3.63) is 83.2 Å². The van der Waals surface area contributed by atoms with Crippen molar-refractivity contribution in [1.82, 2.24) is 9.97 Å². The molecule has 0 fully saturated rings. The van der Waals surface area contributed by atoms with Gasteiger partial charge in [-0.25, -0.2) is 13.4 Å².